The van der Waals surface area contributed by atoms with Crippen LogP contribution in [0.25, 0.3) is 0 Å². The number of hydrogen-bond acceptors (Lipinski definition) is 3. The van der Waals surface area contributed by atoms with Crippen molar-refractivity contribution in [3.63, 3.8) is 0 Å². The monoisotopic (exact) mass is 183 g/mol. The molecular weight excluding hydrogens is 166 g/mol. The van der Waals surface area contributed by atoms with Gasteiger partial charge in [-0.05, 0) is 6.92 Å². The van der Waals surface area contributed by atoms with Crippen LogP contribution in [0.15, 0.2) is 17.3 Å². The van der Waals surface area contributed by atoms with Gasteiger partial charge in [0.05, 0.1) is 13.2 Å². The van der Waals surface area contributed by atoms with E-state index in [4.69, 9.17) is 9.47 Å². The second-order valence-corrected chi connectivity index (χ2v) is 3.06. The largest absolute Gasteiger partial charge is 0.477 e. The molecule has 0 N–H and O–H groups in total. The van der Waals surface area contributed by atoms with Crippen molar-refractivity contribution >= 4 is 5.90 Å². The molecule has 1 aliphatic heterocycles. The number of rotatable bonds is 2. The first-order valence-electron chi connectivity index (χ1n) is 4.73. The summed E-state index contributed by atoms with van der Waals surface area (Å²) >= 11 is 0. The number of aliphatic imine (C=N–C) groups is 1. The molecule has 0 radical (unpaired) electrons. The SMILES string of the molecule is CC=CN=C(C)OC1CCOCC1. The van der Waals surface area contributed by atoms with Crippen molar-refractivity contribution < 1.29 is 9.47 Å². The first-order chi connectivity index (χ1) is 6.33. The summed E-state index contributed by atoms with van der Waals surface area (Å²) in [5, 5.41) is 0. The van der Waals surface area contributed by atoms with Crippen molar-refractivity contribution in [1.82, 2.24) is 0 Å². The highest BCUT2D eigenvalue weighted by Crippen LogP contribution is 2.10. The van der Waals surface area contributed by atoms with Crippen LogP contribution in [0.5, 0.6) is 0 Å². The van der Waals surface area contributed by atoms with Gasteiger partial charge in [-0.3, -0.25) is 0 Å². The molecule has 0 aliphatic carbocycles. The maximum atomic E-state index is 5.61. The molecule has 0 unspecified atom stereocenters. The Bertz CT molecular complexity index is 193. The fourth-order valence-corrected chi connectivity index (χ4v) is 1.24. The van der Waals surface area contributed by atoms with Crippen molar-refractivity contribution in [2.24, 2.45) is 4.99 Å². The van der Waals surface area contributed by atoms with Gasteiger partial charge >= 0.3 is 0 Å². The Hall–Kier alpha value is -0.830. The van der Waals surface area contributed by atoms with Crippen LogP contribution in [0.1, 0.15) is 26.7 Å². The van der Waals surface area contributed by atoms with Crippen LogP contribution in [-0.2, 0) is 9.47 Å². The molecule has 1 saturated heterocycles. The van der Waals surface area contributed by atoms with Crippen LogP contribution in [0, 0.1) is 0 Å². The Balaban J connectivity index is 2.29. The zero-order chi connectivity index (χ0) is 9.52. The predicted octanol–water partition coefficient (Wildman–Crippen LogP) is 2.13. The van der Waals surface area contributed by atoms with E-state index in [2.05, 4.69) is 4.99 Å². The molecule has 0 aromatic carbocycles. The highest BCUT2D eigenvalue weighted by Gasteiger charge is 2.14. The zero-order valence-corrected chi connectivity index (χ0v) is 8.32. The highest BCUT2D eigenvalue weighted by atomic mass is 16.5. The lowest BCUT2D eigenvalue weighted by atomic mass is 10.2. The number of nitrogens with zero attached hydrogens (tertiary/aromatic N) is 1. The first-order valence-corrected chi connectivity index (χ1v) is 4.73. The maximum absolute atomic E-state index is 5.61. The third-order valence-corrected chi connectivity index (χ3v) is 1.91. The molecular formula is C10H17NO2. The van der Waals surface area contributed by atoms with E-state index >= 15 is 0 Å². The number of ether oxygens (including phenoxy) is 2. The van der Waals surface area contributed by atoms with Gasteiger partial charge in [0.15, 0.2) is 5.90 Å². The summed E-state index contributed by atoms with van der Waals surface area (Å²) in [5.74, 6) is 0.741. The summed E-state index contributed by atoms with van der Waals surface area (Å²) in [7, 11) is 0. The minimum absolute atomic E-state index is 0.294. The fourth-order valence-electron chi connectivity index (χ4n) is 1.24. The summed E-state index contributed by atoms with van der Waals surface area (Å²) in [4.78, 5) is 4.11. The second kappa shape index (κ2) is 5.75. The summed E-state index contributed by atoms with van der Waals surface area (Å²) in [6.45, 7) is 5.43. The molecule has 1 rings (SSSR count). The molecule has 0 amide bonds. The van der Waals surface area contributed by atoms with Crippen LogP contribution >= 0.6 is 0 Å². The summed E-state index contributed by atoms with van der Waals surface area (Å²) in [5.41, 5.74) is 0. The summed E-state index contributed by atoms with van der Waals surface area (Å²) in [6, 6.07) is 0. The standard InChI is InChI=1S/C10H17NO2/c1-3-6-11-9(2)13-10-4-7-12-8-5-10/h3,6,10H,4-5,7-8H2,1-2H3. The lowest BCUT2D eigenvalue weighted by Crippen LogP contribution is -2.25. The van der Waals surface area contributed by atoms with Crippen LogP contribution < -0.4 is 0 Å². The molecule has 0 spiro atoms. The van der Waals surface area contributed by atoms with Gasteiger partial charge in [-0.15, -0.1) is 0 Å². The van der Waals surface area contributed by atoms with Crippen molar-refractivity contribution in [3.05, 3.63) is 12.3 Å². The Kier molecular flexibility index (Phi) is 4.54. The maximum Gasteiger partial charge on any atom is 0.184 e. The molecule has 74 valence electrons. The molecule has 0 aromatic heterocycles. The number of hydrogen-bond donors (Lipinski definition) is 0. The van der Waals surface area contributed by atoms with Crippen LogP contribution in [0.4, 0.5) is 0 Å². The van der Waals surface area contributed by atoms with E-state index in [9.17, 15) is 0 Å². The van der Waals surface area contributed by atoms with Crippen LogP contribution in [-0.4, -0.2) is 25.2 Å². The van der Waals surface area contributed by atoms with Crippen LogP contribution in [0.2, 0.25) is 0 Å². The Morgan fingerprint density at radius 1 is 1.46 bits per heavy atom. The zero-order valence-electron chi connectivity index (χ0n) is 8.32. The summed E-state index contributed by atoms with van der Waals surface area (Å²) in [6.07, 6.45) is 5.87. The quantitative estimate of drug-likeness (QED) is 0.485. The number of allylic oxidation sites excluding steroid dienone is 1. The van der Waals surface area contributed by atoms with Gasteiger partial charge in [-0.1, -0.05) is 6.08 Å². The Morgan fingerprint density at radius 3 is 2.77 bits per heavy atom. The normalized spacial score (nSPS) is 20.9. The minimum Gasteiger partial charge on any atom is -0.477 e. The van der Waals surface area contributed by atoms with Gasteiger partial charge in [0, 0.05) is 26.0 Å². The van der Waals surface area contributed by atoms with Gasteiger partial charge in [0.1, 0.15) is 6.10 Å². The second-order valence-electron chi connectivity index (χ2n) is 3.06. The minimum atomic E-state index is 0.294. The highest BCUT2D eigenvalue weighted by molar-refractivity contribution is 5.73. The van der Waals surface area contributed by atoms with Crippen molar-refractivity contribution in [2.45, 2.75) is 32.8 Å². The van der Waals surface area contributed by atoms with Crippen molar-refractivity contribution in [2.75, 3.05) is 13.2 Å². The molecule has 13 heavy (non-hydrogen) atoms. The third kappa shape index (κ3) is 4.08. The average Bonchev–Trinajstić information content (AvgIpc) is 2.16. The van der Waals surface area contributed by atoms with Gasteiger partial charge in [0.2, 0.25) is 0 Å². The van der Waals surface area contributed by atoms with E-state index in [0.717, 1.165) is 32.0 Å². The van der Waals surface area contributed by atoms with E-state index in [1.807, 2.05) is 19.9 Å². The molecule has 0 saturated carbocycles. The van der Waals surface area contributed by atoms with Gasteiger partial charge in [0.25, 0.3) is 0 Å². The van der Waals surface area contributed by atoms with Crippen LogP contribution in [0.3, 0.4) is 0 Å². The van der Waals surface area contributed by atoms with E-state index in [-0.39, 0.29) is 0 Å². The van der Waals surface area contributed by atoms with E-state index in [0.29, 0.717) is 6.10 Å². The summed E-state index contributed by atoms with van der Waals surface area (Å²) < 4.78 is 10.8. The molecule has 1 aliphatic rings. The molecule has 3 heteroatoms. The average molecular weight is 183 g/mol. The van der Waals surface area contributed by atoms with E-state index in [1.165, 1.54) is 0 Å². The van der Waals surface area contributed by atoms with Gasteiger partial charge in [-0.25, -0.2) is 4.99 Å². The molecule has 0 aromatic rings. The third-order valence-electron chi connectivity index (χ3n) is 1.91. The molecule has 1 fully saturated rings. The molecule has 0 bridgehead atoms. The van der Waals surface area contributed by atoms with Crippen molar-refractivity contribution in [3.8, 4) is 0 Å². The molecule has 1 heterocycles. The Labute approximate surface area is 79.5 Å². The smallest absolute Gasteiger partial charge is 0.184 e. The van der Waals surface area contributed by atoms with E-state index in [1.54, 1.807) is 6.20 Å². The van der Waals surface area contributed by atoms with Gasteiger partial charge in [-0.2, -0.15) is 0 Å². The lowest BCUT2D eigenvalue weighted by Gasteiger charge is -2.22. The molecule has 3 nitrogen and oxygen atoms in total. The topological polar surface area (TPSA) is 30.8 Å². The Morgan fingerprint density at radius 2 is 2.15 bits per heavy atom. The fraction of sp³-hybridized carbons (Fsp3) is 0.700. The van der Waals surface area contributed by atoms with Crippen molar-refractivity contribution in [1.29, 1.82) is 0 Å². The van der Waals surface area contributed by atoms with E-state index < -0.39 is 0 Å². The predicted molar refractivity (Wildman–Crippen MR) is 52.8 cm³/mol. The lowest BCUT2D eigenvalue weighted by molar-refractivity contribution is 0.0200. The molecule has 0 atom stereocenters. The first kappa shape index (κ1) is 10.3. The van der Waals surface area contributed by atoms with Gasteiger partial charge < -0.3 is 9.47 Å².